The average Bonchev–Trinajstić information content (AvgIpc) is 3.29. The lowest BCUT2D eigenvalue weighted by atomic mass is 9.95. The number of fused-ring (bicyclic) bond motifs is 3. The van der Waals surface area contributed by atoms with E-state index in [1.807, 2.05) is 55.5 Å². The molecule has 0 bridgehead atoms. The van der Waals surface area contributed by atoms with E-state index >= 15 is 0 Å². The van der Waals surface area contributed by atoms with E-state index < -0.39 is 0 Å². The molecule has 0 saturated heterocycles. The highest BCUT2D eigenvalue weighted by Gasteiger charge is 2.42. The minimum absolute atomic E-state index is 0.0478. The summed E-state index contributed by atoms with van der Waals surface area (Å²) in [5, 5.41) is 7.08. The third-order valence-electron chi connectivity index (χ3n) is 5.88. The van der Waals surface area contributed by atoms with Gasteiger partial charge in [0.05, 0.1) is 32.6 Å². The Morgan fingerprint density at radius 3 is 2.53 bits per heavy atom. The van der Waals surface area contributed by atoms with Gasteiger partial charge in [-0.1, -0.05) is 24.3 Å². The molecule has 2 atom stereocenters. The lowest BCUT2D eigenvalue weighted by Gasteiger charge is -2.38. The largest absolute Gasteiger partial charge is 0.497 e. The molecular formula is C26H26N2O4. The van der Waals surface area contributed by atoms with E-state index in [1.165, 1.54) is 0 Å². The van der Waals surface area contributed by atoms with Gasteiger partial charge >= 0.3 is 0 Å². The third-order valence-corrected chi connectivity index (χ3v) is 5.88. The van der Waals surface area contributed by atoms with Gasteiger partial charge in [-0.2, -0.15) is 5.10 Å². The summed E-state index contributed by atoms with van der Waals surface area (Å²) in [5.74, 6) is 3.14. The molecule has 5 rings (SSSR count). The van der Waals surface area contributed by atoms with E-state index in [-0.39, 0.29) is 12.3 Å². The van der Waals surface area contributed by atoms with Crippen LogP contribution >= 0.6 is 0 Å². The number of nitrogens with zero attached hydrogens (tertiary/aromatic N) is 2. The molecule has 0 amide bonds. The van der Waals surface area contributed by atoms with Crippen LogP contribution < -0.4 is 18.9 Å². The van der Waals surface area contributed by atoms with E-state index in [0.29, 0.717) is 6.61 Å². The summed E-state index contributed by atoms with van der Waals surface area (Å²) >= 11 is 0. The van der Waals surface area contributed by atoms with Crippen LogP contribution in [0.4, 0.5) is 0 Å². The van der Waals surface area contributed by atoms with Gasteiger partial charge in [-0.15, -0.1) is 0 Å². The van der Waals surface area contributed by atoms with Crippen molar-refractivity contribution in [3.63, 3.8) is 0 Å². The molecule has 3 aromatic carbocycles. The summed E-state index contributed by atoms with van der Waals surface area (Å²) in [7, 11) is 3.34. The Morgan fingerprint density at radius 2 is 1.78 bits per heavy atom. The molecule has 0 N–H and O–H groups in total. The van der Waals surface area contributed by atoms with Crippen LogP contribution in [0.2, 0.25) is 0 Å². The van der Waals surface area contributed by atoms with Gasteiger partial charge in [0.15, 0.2) is 11.5 Å². The molecule has 3 aromatic rings. The minimum atomic E-state index is -0.390. The van der Waals surface area contributed by atoms with Crippen molar-refractivity contribution in [3.8, 4) is 23.0 Å². The van der Waals surface area contributed by atoms with Gasteiger partial charge in [0.1, 0.15) is 11.5 Å². The molecule has 0 radical (unpaired) electrons. The molecule has 6 nitrogen and oxygen atoms in total. The second-order valence-corrected chi connectivity index (χ2v) is 7.73. The highest BCUT2D eigenvalue weighted by molar-refractivity contribution is 6.02. The Kier molecular flexibility index (Phi) is 5.35. The summed E-state index contributed by atoms with van der Waals surface area (Å²) in [6.07, 6.45) is 0.386. The Hall–Kier alpha value is -3.67. The first-order valence-corrected chi connectivity index (χ1v) is 10.8. The van der Waals surface area contributed by atoms with E-state index in [4.69, 9.17) is 24.0 Å². The van der Waals surface area contributed by atoms with Gasteiger partial charge in [-0.25, -0.2) is 5.01 Å². The van der Waals surface area contributed by atoms with Gasteiger partial charge in [0.25, 0.3) is 0 Å². The van der Waals surface area contributed by atoms with Crippen LogP contribution in [-0.4, -0.2) is 31.5 Å². The van der Waals surface area contributed by atoms with E-state index in [1.54, 1.807) is 14.2 Å². The smallest absolute Gasteiger partial charge is 0.214 e. The highest BCUT2D eigenvalue weighted by atomic mass is 16.5. The molecule has 6 heteroatoms. The predicted octanol–water partition coefficient (Wildman–Crippen LogP) is 5.34. The Balaban J connectivity index is 1.56. The van der Waals surface area contributed by atoms with Crippen molar-refractivity contribution in [3.05, 3.63) is 83.4 Å². The summed E-state index contributed by atoms with van der Waals surface area (Å²) in [6.45, 7) is 2.63. The first-order chi connectivity index (χ1) is 15.7. The number of rotatable bonds is 6. The van der Waals surface area contributed by atoms with Crippen LogP contribution in [0.1, 0.15) is 42.3 Å². The van der Waals surface area contributed by atoms with Gasteiger partial charge in [0.2, 0.25) is 6.23 Å². The van der Waals surface area contributed by atoms with Crippen molar-refractivity contribution in [1.82, 2.24) is 5.01 Å². The second-order valence-electron chi connectivity index (χ2n) is 7.73. The number of hydrazone groups is 1. The molecule has 2 aliphatic rings. The highest BCUT2D eigenvalue weighted by Crippen LogP contribution is 2.50. The fourth-order valence-electron chi connectivity index (χ4n) is 4.34. The van der Waals surface area contributed by atoms with Crippen LogP contribution in [0.15, 0.2) is 71.8 Å². The zero-order valence-corrected chi connectivity index (χ0v) is 18.4. The quantitative estimate of drug-likeness (QED) is 0.528. The number of methoxy groups -OCH3 is 2. The molecule has 2 aliphatic heterocycles. The molecule has 2 heterocycles. The lowest BCUT2D eigenvalue weighted by Crippen LogP contribution is -2.33. The molecule has 0 unspecified atom stereocenters. The van der Waals surface area contributed by atoms with Crippen LogP contribution in [0.3, 0.4) is 0 Å². The maximum atomic E-state index is 6.51. The van der Waals surface area contributed by atoms with Gasteiger partial charge in [-0.05, 0) is 55.0 Å². The molecule has 164 valence electrons. The van der Waals surface area contributed by atoms with E-state index in [0.717, 1.165) is 51.8 Å². The Bertz CT molecular complexity index is 1140. The summed E-state index contributed by atoms with van der Waals surface area (Å²) in [4.78, 5) is 0. The molecule has 32 heavy (non-hydrogen) atoms. The zero-order chi connectivity index (χ0) is 22.1. The first kappa shape index (κ1) is 20.2. The molecule has 0 saturated carbocycles. The number of para-hydroxylation sites is 1. The van der Waals surface area contributed by atoms with E-state index in [2.05, 4.69) is 23.2 Å². The lowest BCUT2D eigenvalue weighted by molar-refractivity contribution is -0.0210. The average molecular weight is 431 g/mol. The van der Waals surface area contributed by atoms with Gasteiger partial charge in [0, 0.05) is 17.5 Å². The summed E-state index contributed by atoms with van der Waals surface area (Å²) in [5.41, 5.74) is 4.15. The van der Waals surface area contributed by atoms with Crippen LogP contribution in [0.5, 0.6) is 23.0 Å². The molecule has 0 aromatic heterocycles. The van der Waals surface area contributed by atoms with Crippen LogP contribution in [0.25, 0.3) is 0 Å². The SMILES string of the molecule is CCOc1ccc(C2=NN3[C@@H](c4cccc(OC)c4)Oc4c(OC)cccc4[C@@H]3C2)cc1. The summed E-state index contributed by atoms with van der Waals surface area (Å²) < 4.78 is 23.2. The first-order valence-electron chi connectivity index (χ1n) is 10.8. The minimum Gasteiger partial charge on any atom is -0.497 e. The molecule has 0 fully saturated rings. The number of ether oxygens (including phenoxy) is 4. The second kappa shape index (κ2) is 8.46. The van der Waals surface area contributed by atoms with Crippen molar-refractivity contribution in [2.75, 3.05) is 20.8 Å². The van der Waals surface area contributed by atoms with E-state index in [9.17, 15) is 0 Å². The van der Waals surface area contributed by atoms with Gasteiger partial charge < -0.3 is 18.9 Å². The monoisotopic (exact) mass is 430 g/mol. The number of benzene rings is 3. The normalized spacial score (nSPS) is 18.8. The molecule has 0 aliphatic carbocycles. The number of hydrogen-bond donors (Lipinski definition) is 0. The summed E-state index contributed by atoms with van der Waals surface area (Å²) in [6, 6.07) is 22.1. The Labute approximate surface area is 188 Å². The Morgan fingerprint density at radius 1 is 0.969 bits per heavy atom. The maximum absolute atomic E-state index is 6.51. The molecular weight excluding hydrogens is 404 g/mol. The van der Waals surface area contributed by atoms with Crippen molar-refractivity contribution in [2.24, 2.45) is 5.10 Å². The van der Waals surface area contributed by atoms with Gasteiger partial charge in [-0.3, -0.25) is 0 Å². The van der Waals surface area contributed by atoms with Crippen molar-refractivity contribution in [1.29, 1.82) is 0 Å². The topological polar surface area (TPSA) is 52.5 Å². The fraction of sp³-hybridized carbons (Fsp3) is 0.269. The molecule has 0 spiro atoms. The third kappa shape index (κ3) is 3.51. The maximum Gasteiger partial charge on any atom is 0.214 e. The van der Waals surface area contributed by atoms with Crippen molar-refractivity contribution in [2.45, 2.75) is 25.6 Å². The van der Waals surface area contributed by atoms with Crippen LogP contribution in [-0.2, 0) is 0 Å². The van der Waals surface area contributed by atoms with Crippen LogP contribution in [0, 0.1) is 0 Å². The number of hydrogen-bond acceptors (Lipinski definition) is 6. The van der Waals surface area contributed by atoms with Crippen molar-refractivity contribution < 1.29 is 18.9 Å². The van der Waals surface area contributed by atoms with Crippen molar-refractivity contribution >= 4 is 5.71 Å². The predicted molar refractivity (Wildman–Crippen MR) is 123 cm³/mol. The fourth-order valence-corrected chi connectivity index (χ4v) is 4.34. The standard InChI is InChI=1S/C26H26N2O4/c1-4-31-19-13-11-17(12-14-19)22-16-23-21-9-6-10-24(30-3)25(21)32-26(28(23)27-22)18-7-5-8-20(15-18)29-2/h5-15,23,26H,4,16H2,1-3H3/t23-,26+/m0/s1. The zero-order valence-electron chi connectivity index (χ0n) is 18.4.